The second-order valence-electron chi connectivity index (χ2n) is 2.25. The standard InChI is InChI=1S/C7H9NO2S/c1-2-3-4-5-6(9)8-7(10)11-5/h2,5H,1,3-4H2,(H,8,9,10). The van der Waals surface area contributed by atoms with Crippen molar-refractivity contribution in [3.63, 3.8) is 0 Å². The highest BCUT2D eigenvalue weighted by molar-refractivity contribution is 8.15. The normalized spacial score (nSPS) is 23.5. The summed E-state index contributed by atoms with van der Waals surface area (Å²) in [5.74, 6) is -0.165. The van der Waals surface area contributed by atoms with Crippen LogP contribution in [0.15, 0.2) is 12.7 Å². The molecule has 0 spiro atoms. The smallest absolute Gasteiger partial charge is 0.286 e. The average Bonchev–Trinajstić information content (AvgIpc) is 2.26. The largest absolute Gasteiger partial charge is 0.286 e. The van der Waals surface area contributed by atoms with E-state index in [0.29, 0.717) is 6.42 Å². The number of carbonyl (C=O) groups excluding carboxylic acids is 2. The van der Waals surface area contributed by atoms with Crippen LogP contribution in [0.3, 0.4) is 0 Å². The number of nitrogens with one attached hydrogen (secondary N) is 1. The van der Waals surface area contributed by atoms with Crippen LogP contribution in [0.1, 0.15) is 12.8 Å². The lowest BCUT2D eigenvalue weighted by molar-refractivity contribution is -0.119. The number of carbonyl (C=O) groups is 2. The number of imide groups is 1. The molecule has 1 rings (SSSR count). The van der Waals surface area contributed by atoms with Gasteiger partial charge in [-0.05, 0) is 12.8 Å². The first-order valence-electron chi connectivity index (χ1n) is 3.36. The molecule has 1 saturated heterocycles. The Morgan fingerprint density at radius 3 is 2.82 bits per heavy atom. The molecule has 11 heavy (non-hydrogen) atoms. The van der Waals surface area contributed by atoms with Crippen LogP contribution < -0.4 is 5.32 Å². The molecule has 2 amide bonds. The quantitative estimate of drug-likeness (QED) is 0.651. The maximum atomic E-state index is 10.9. The minimum absolute atomic E-state index is 0.165. The maximum absolute atomic E-state index is 10.9. The number of hydrogen-bond donors (Lipinski definition) is 1. The first-order valence-corrected chi connectivity index (χ1v) is 4.24. The van der Waals surface area contributed by atoms with E-state index in [-0.39, 0.29) is 16.4 Å². The van der Waals surface area contributed by atoms with Gasteiger partial charge in [-0.3, -0.25) is 14.9 Å². The summed E-state index contributed by atoms with van der Waals surface area (Å²) >= 11 is 1.07. The first-order chi connectivity index (χ1) is 5.24. The van der Waals surface area contributed by atoms with Crippen molar-refractivity contribution in [2.24, 2.45) is 0 Å². The molecule has 4 heteroatoms. The van der Waals surface area contributed by atoms with E-state index in [2.05, 4.69) is 11.9 Å². The lowest BCUT2D eigenvalue weighted by Crippen LogP contribution is -2.23. The van der Waals surface area contributed by atoms with Gasteiger partial charge in [0.15, 0.2) is 0 Å². The predicted molar refractivity (Wildman–Crippen MR) is 44.3 cm³/mol. The summed E-state index contributed by atoms with van der Waals surface area (Å²) in [6.45, 7) is 3.54. The van der Waals surface area contributed by atoms with Crippen molar-refractivity contribution in [3.8, 4) is 0 Å². The van der Waals surface area contributed by atoms with E-state index in [1.165, 1.54) is 0 Å². The summed E-state index contributed by atoms with van der Waals surface area (Å²) < 4.78 is 0. The van der Waals surface area contributed by atoms with Gasteiger partial charge in [-0.25, -0.2) is 0 Å². The molecular formula is C7H9NO2S. The molecule has 1 fully saturated rings. The summed E-state index contributed by atoms with van der Waals surface area (Å²) in [6.07, 6.45) is 3.22. The molecule has 1 aliphatic rings. The molecule has 0 bridgehead atoms. The summed E-state index contributed by atoms with van der Waals surface area (Å²) in [7, 11) is 0. The van der Waals surface area contributed by atoms with E-state index in [0.717, 1.165) is 18.2 Å². The summed E-state index contributed by atoms with van der Waals surface area (Å²) in [5.41, 5.74) is 0. The molecule has 0 aromatic heterocycles. The van der Waals surface area contributed by atoms with Gasteiger partial charge in [0.1, 0.15) is 0 Å². The third-order valence-electron chi connectivity index (χ3n) is 1.40. The van der Waals surface area contributed by atoms with Crippen molar-refractivity contribution in [3.05, 3.63) is 12.7 Å². The third-order valence-corrected chi connectivity index (χ3v) is 2.45. The van der Waals surface area contributed by atoms with Gasteiger partial charge in [0, 0.05) is 0 Å². The second kappa shape index (κ2) is 3.57. The van der Waals surface area contributed by atoms with Gasteiger partial charge in [-0.15, -0.1) is 6.58 Å². The molecule has 0 radical (unpaired) electrons. The van der Waals surface area contributed by atoms with Crippen LogP contribution in [0.25, 0.3) is 0 Å². The van der Waals surface area contributed by atoms with Gasteiger partial charge >= 0.3 is 0 Å². The molecule has 1 unspecified atom stereocenters. The summed E-state index contributed by atoms with van der Waals surface area (Å²) in [5, 5.41) is 1.80. The van der Waals surface area contributed by atoms with E-state index in [9.17, 15) is 9.59 Å². The minimum Gasteiger partial charge on any atom is -0.286 e. The van der Waals surface area contributed by atoms with E-state index in [4.69, 9.17) is 0 Å². The fourth-order valence-corrected chi connectivity index (χ4v) is 1.69. The number of allylic oxidation sites excluding steroid dienone is 1. The Kier molecular flexibility index (Phi) is 2.70. The molecule has 1 heterocycles. The first kappa shape index (κ1) is 8.33. The SMILES string of the molecule is C=CCCC1SC(=O)NC1=O. The van der Waals surface area contributed by atoms with Crippen molar-refractivity contribution in [1.29, 1.82) is 0 Å². The molecule has 60 valence electrons. The fourth-order valence-electron chi connectivity index (χ4n) is 0.853. The lowest BCUT2D eigenvalue weighted by atomic mass is 10.2. The van der Waals surface area contributed by atoms with Crippen molar-refractivity contribution < 1.29 is 9.59 Å². The van der Waals surface area contributed by atoms with E-state index < -0.39 is 0 Å². The van der Waals surface area contributed by atoms with Crippen LogP contribution in [0.4, 0.5) is 4.79 Å². The second-order valence-corrected chi connectivity index (χ2v) is 3.42. The zero-order valence-corrected chi connectivity index (χ0v) is 6.82. The highest BCUT2D eigenvalue weighted by Gasteiger charge is 2.30. The van der Waals surface area contributed by atoms with Gasteiger partial charge in [0.25, 0.3) is 5.24 Å². The summed E-state index contributed by atoms with van der Waals surface area (Å²) in [4.78, 5) is 21.5. The van der Waals surface area contributed by atoms with Crippen molar-refractivity contribution in [1.82, 2.24) is 5.32 Å². The molecule has 0 aromatic rings. The van der Waals surface area contributed by atoms with Crippen LogP contribution >= 0.6 is 11.8 Å². The lowest BCUT2D eigenvalue weighted by Gasteiger charge is -1.99. The van der Waals surface area contributed by atoms with Gasteiger partial charge in [0.05, 0.1) is 5.25 Å². The number of amides is 2. The van der Waals surface area contributed by atoms with Gasteiger partial charge in [-0.2, -0.15) is 0 Å². The molecule has 1 atom stereocenters. The van der Waals surface area contributed by atoms with Crippen LogP contribution in [-0.2, 0) is 4.79 Å². The Balaban J connectivity index is 2.40. The Bertz CT molecular complexity index is 203. The molecule has 1 N–H and O–H groups in total. The Morgan fingerprint density at radius 1 is 1.64 bits per heavy atom. The Morgan fingerprint density at radius 2 is 2.36 bits per heavy atom. The summed E-state index contributed by atoms with van der Waals surface area (Å²) in [6, 6.07) is 0. The zero-order valence-electron chi connectivity index (χ0n) is 6.00. The molecule has 0 saturated carbocycles. The number of rotatable bonds is 3. The molecular weight excluding hydrogens is 162 g/mol. The number of thioether (sulfide) groups is 1. The van der Waals surface area contributed by atoms with E-state index in [1.807, 2.05) is 0 Å². The topological polar surface area (TPSA) is 46.2 Å². The van der Waals surface area contributed by atoms with Gasteiger partial charge in [-0.1, -0.05) is 17.8 Å². The highest BCUT2D eigenvalue weighted by atomic mass is 32.2. The fraction of sp³-hybridized carbons (Fsp3) is 0.429. The molecule has 0 aliphatic carbocycles. The van der Waals surface area contributed by atoms with Crippen LogP contribution in [0, 0.1) is 0 Å². The molecule has 0 aromatic carbocycles. The van der Waals surface area contributed by atoms with Gasteiger partial charge in [0.2, 0.25) is 5.91 Å². The Labute approximate surface area is 69.2 Å². The predicted octanol–water partition coefficient (Wildman–Crippen LogP) is 1.30. The van der Waals surface area contributed by atoms with Crippen LogP contribution in [0.5, 0.6) is 0 Å². The highest BCUT2D eigenvalue weighted by Crippen LogP contribution is 2.22. The van der Waals surface area contributed by atoms with Crippen molar-refractivity contribution in [2.75, 3.05) is 0 Å². The average molecular weight is 171 g/mol. The van der Waals surface area contributed by atoms with Crippen LogP contribution in [-0.4, -0.2) is 16.4 Å². The van der Waals surface area contributed by atoms with E-state index in [1.54, 1.807) is 6.08 Å². The number of hydrogen-bond acceptors (Lipinski definition) is 3. The monoisotopic (exact) mass is 171 g/mol. The maximum Gasteiger partial charge on any atom is 0.286 e. The van der Waals surface area contributed by atoms with Gasteiger partial charge < -0.3 is 0 Å². The minimum atomic E-state index is -0.232. The molecule has 1 aliphatic heterocycles. The Hall–Kier alpha value is -0.770. The van der Waals surface area contributed by atoms with Crippen molar-refractivity contribution in [2.45, 2.75) is 18.1 Å². The zero-order chi connectivity index (χ0) is 8.27. The van der Waals surface area contributed by atoms with Crippen molar-refractivity contribution >= 4 is 22.9 Å². The molecule has 3 nitrogen and oxygen atoms in total. The van der Waals surface area contributed by atoms with Crippen LogP contribution in [0.2, 0.25) is 0 Å². The van der Waals surface area contributed by atoms with E-state index >= 15 is 0 Å². The third kappa shape index (κ3) is 2.08.